The van der Waals surface area contributed by atoms with Gasteiger partial charge in [0.05, 0.1) is 6.61 Å². The molecule has 0 aromatic carbocycles. The fraction of sp³-hybridized carbons (Fsp3) is 0.895. The van der Waals surface area contributed by atoms with E-state index in [1.54, 1.807) is 0 Å². The van der Waals surface area contributed by atoms with Crippen LogP contribution >= 0.6 is 0 Å². The lowest BCUT2D eigenvalue weighted by Crippen LogP contribution is -2.53. The minimum atomic E-state index is -0.169. The highest BCUT2D eigenvalue weighted by Crippen LogP contribution is 2.37. The molecule has 1 aliphatic heterocycles. The summed E-state index contributed by atoms with van der Waals surface area (Å²) in [6.45, 7) is 5.39. The van der Waals surface area contributed by atoms with Crippen molar-refractivity contribution in [1.82, 2.24) is 15.5 Å². The minimum absolute atomic E-state index is 0.169. The first-order valence-corrected chi connectivity index (χ1v) is 10.1. The molecule has 0 aromatic heterocycles. The quantitative estimate of drug-likeness (QED) is 0.719. The number of likely N-dealkylation sites (tertiary alicyclic amines) is 1. The van der Waals surface area contributed by atoms with E-state index < -0.39 is 0 Å². The van der Waals surface area contributed by atoms with Gasteiger partial charge in [0.25, 0.3) is 0 Å². The summed E-state index contributed by atoms with van der Waals surface area (Å²) < 4.78 is 5.14. The van der Waals surface area contributed by atoms with E-state index in [0.29, 0.717) is 31.0 Å². The van der Waals surface area contributed by atoms with E-state index in [1.165, 1.54) is 32.1 Å². The van der Waals surface area contributed by atoms with Crippen molar-refractivity contribution in [2.75, 3.05) is 32.8 Å². The summed E-state index contributed by atoms with van der Waals surface area (Å²) >= 11 is 0. The molecule has 6 heteroatoms. The number of amides is 2. The molecule has 0 radical (unpaired) electrons. The highest BCUT2D eigenvalue weighted by atomic mass is 16.6. The van der Waals surface area contributed by atoms with Gasteiger partial charge in [-0.05, 0) is 44.4 Å². The number of ether oxygens (including phenoxy) is 1. The molecular formula is C19H33N3O3. The summed E-state index contributed by atoms with van der Waals surface area (Å²) in [5, 5.41) is 6.74. The second-order valence-electron chi connectivity index (χ2n) is 7.81. The Hall–Kier alpha value is -1.30. The highest BCUT2D eigenvalue weighted by Gasteiger charge is 2.43. The third-order valence-electron chi connectivity index (χ3n) is 6.14. The molecule has 2 saturated carbocycles. The Morgan fingerprint density at radius 2 is 1.68 bits per heavy atom. The zero-order chi connectivity index (χ0) is 17.6. The second kappa shape index (κ2) is 8.88. The molecule has 25 heavy (non-hydrogen) atoms. The summed E-state index contributed by atoms with van der Waals surface area (Å²) in [4.78, 5) is 26.0. The van der Waals surface area contributed by atoms with Gasteiger partial charge in [-0.15, -0.1) is 0 Å². The standard InChI is InChI=1S/C19H33N3O3/c1-2-25-19(24)22-12-15-8-9-16(13-22)17(15)20-10-11-21-18(23)14-6-4-3-5-7-14/h14-17,20H,2-13H2,1H3,(H,21,23)/t15-,16-/m0/s1. The molecule has 2 aliphatic carbocycles. The van der Waals surface area contributed by atoms with Crippen LogP contribution < -0.4 is 10.6 Å². The predicted octanol–water partition coefficient (Wildman–Crippen LogP) is 2.14. The Morgan fingerprint density at radius 1 is 1.00 bits per heavy atom. The molecular weight excluding hydrogens is 318 g/mol. The van der Waals surface area contributed by atoms with Crippen molar-refractivity contribution < 1.29 is 14.3 Å². The van der Waals surface area contributed by atoms with E-state index in [4.69, 9.17) is 4.74 Å². The molecule has 1 heterocycles. The van der Waals surface area contributed by atoms with E-state index in [9.17, 15) is 9.59 Å². The fourth-order valence-electron chi connectivity index (χ4n) is 4.85. The molecule has 0 aromatic rings. The van der Waals surface area contributed by atoms with Gasteiger partial charge in [0.2, 0.25) is 5.91 Å². The van der Waals surface area contributed by atoms with E-state index in [1.807, 2.05) is 11.8 Å². The fourth-order valence-corrected chi connectivity index (χ4v) is 4.85. The molecule has 2 amide bonds. The topological polar surface area (TPSA) is 70.7 Å². The van der Waals surface area contributed by atoms with Crippen molar-refractivity contribution in [3.63, 3.8) is 0 Å². The van der Waals surface area contributed by atoms with Crippen LogP contribution in [0.4, 0.5) is 4.79 Å². The first-order chi connectivity index (χ1) is 12.2. The summed E-state index contributed by atoms with van der Waals surface area (Å²) in [7, 11) is 0. The van der Waals surface area contributed by atoms with Crippen molar-refractivity contribution >= 4 is 12.0 Å². The molecule has 3 rings (SSSR count). The molecule has 2 bridgehead atoms. The van der Waals surface area contributed by atoms with Gasteiger partial charge < -0.3 is 20.3 Å². The molecule has 1 saturated heterocycles. The van der Waals surface area contributed by atoms with Gasteiger partial charge in [-0.1, -0.05) is 19.3 Å². The van der Waals surface area contributed by atoms with Crippen molar-refractivity contribution in [2.45, 2.75) is 57.9 Å². The lowest BCUT2D eigenvalue weighted by Gasteiger charge is -2.37. The van der Waals surface area contributed by atoms with Gasteiger partial charge in [-0.3, -0.25) is 4.79 Å². The number of fused-ring (bicyclic) bond motifs is 2. The largest absolute Gasteiger partial charge is 0.450 e. The Kier molecular flexibility index (Phi) is 6.57. The third-order valence-corrected chi connectivity index (χ3v) is 6.14. The van der Waals surface area contributed by atoms with Gasteiger partial charge in [-0.25, -0.2) is 4.79 Å². The van der Waals surface area contributed by atoms with Crippen LogP contribution in [0.1, 0.15) is 51.9 Å². The van der Waals surface area contributed by atoms with Crippen LogP contribution in [-0.2, 0) is 9.53 Å². The molecule has 2 N–H and O–H groups in total. The Balaban J connectivity index is 1.37. The monoisotopic (exact) mass is 351 g/mol. The average molecular weight is 351 g/mol. The molecule has 6 nitrogen and oxygen atoms in total. The van der Waals surface area contributed by atoms with Crippen LogP contribution in [0.5, 0.6) is 0 Å². The summed E-state index contributed by atoms with van der Waals surface area (Å²) in [6, 6.07) is 0.470. The lowest BCUT2D eigenvalue weighted by atomic mass is 9.89. The number of carbonyl (C=O) groups is 2. The van der Waals surface area contributed by atoms with Crippen LogP contribution in [0.2, 0.25) is 0 Å². The number of carbonyl (C=O) groups excluding carboxylic acids is 2. The average Bonchev–Trinajstić information content (AvgIpc) is 2.87. The van der Waals surface area contributed by atoms with Crippen molar-refractivity contribution in [3.05, 3.63) is 0 Å². The normalized spacial score (nSPS) is 29.5. The van der Waals surface area contributed by atoms with Crippen molar-refractivity contribution in [2.24, 2.45) is 17.8 Å². The second-order valence-corrected chi connectivity index (χ2v) is 7.81. The molecule has 0 unspecified atom stereocenters. The van der Waals surface area contributed by atoms with Gasteiger partial charge in [0.1, 0.15) is 0 Å². The number of hydrogen-bond acceptors (Lipinski definition) is 4. The Bertz CT molecular complexity index is 451. The van der Waals surface area contributed by atoms with Crippen molar-refractivity contribution in [1.29, 1.82) is 0 Å². The number of nitrogens with one attached hydrogen (secondary N) is 2. The zero-order valence-electron chi connectivity index (χ0n) is 15.5. The zero-order valence-corrected chi connectivity index (χ0v) is 15.5. The van der Waals surface area contributed by atoms with Crippen molar-refractivity contribution in [3.8, 4) is 0 Å². The molecule has 0 spiro atoms. The summed E-state index contributed by atoms with van der Waals surface area (Å²) in [5.41, 5.74) is 0. The maximum atomic E-state index is 12.2. The SMILES string of the molecule is CCOC(=O)N1C[C@@H]2CC[C@@H](C1)C2NCCNC(=O)C1CCCCC1. The van der Waals surface area contributed by atoms with E-state index in [0.717, 1.165) is 32.5 Å². The van der Waals surface area contributed by atoms with Gasteiger partial charge in [0, 0.05) is 38.1 Å². The van der Waals surface area contributed by atoms with Crippen LogP contribution in [-0.4, -0.2) is 55.7 Å². The first-order valence-electron chi connectivity index (χ1n) is 10.1. The lowest BCUT2D eigenvalue weighted by molar-refractivity contribution is -0.125. The minimum Gasteiger partial charge on any atom is -0.450 e. The van der Waals surface area contributed by atoms with Crippen LogP contribution in [0.25, 0.3) is 0 Å². The number of hydrogen-bond donors (Lipinski definition) is 2. The van der Waals surface area contributed by atoms with Crippen LogP contribution in [0.3, 0.4) is 0 Å². The van der Waals surface area contributed by atoms with E-state index in [-0.39, 0.29) is 17.9 Å². The number of rotatable bonds is 6. The molecule has 2 atom stereocenters. The predicted molar refractivity (Wildman–Crippen MR) is 96.2 cm³/mol. The summed E-state index contributed by atoms with van der Waals surface area (Å²) in [5.74, 6) is 1.49. The van der Waals surface area contributed by atoms with Crippen LogP contribution in [0.15, 0.2) is 0 Å². The van der Waals surface area contributed by atoms with E-state index >= 15 is 0 Å². The molecule has 3 fully saturated rings. The highest BCUT2D eigenvalue weighted by molar-refractivity contribution is 5.78. The van der Waals surface area contributed by atoms with Crippen LogP contribution in [0, 0.1) is 17.8 Å². The first kappa shape index (κ1) is 18.5. The number of nitrogens with zero attached hydrogens (tertiary/aromatic N) is 1. The maximum absolute atomic E-state index is 12.2. The number of piperidine rings is 1. The third kappa shape index (κ3) is 4.66. The smallest absolute Gasteiger partial charge is 0.409 e. The van der Waals surface area contributed by atoms with Gasteiger partial charge in [0.15, 0.2) is 0 Å². The maximum Gasteiger partial charge on any atom is 0.409 e. The molecule has 3 aliphatic rings. The van der Waals surface area contributed by atoms with E-state index in [2.05, 4.69) is 10.6 Å². The molecule has 142 valence electrons. The van der Waals surface area contributed by atoms with Gasteiger partial charge >= 0.3 is 6.09 Å². The van der Waals surface area contributed by atoms with Gasteiger partial charge in [-0.2, -0.15) is 0 Å². The Morgan fingerprint density at radius 3 is 2.32 bits per heavy atom. The Labute approximate surface area is 151 Å². The summed E-state index contributed by atoms with van der Waals surface area (Å²) in [6.07, 6.45) is 7.94.